The average Bonchev–Trinajstić information content (AvgIpc) is 2.52. The van der Waals surface area contributed by atoms with Crippen LogP contribution >= 0.6 is 11.3 Å². The minimum Gasteiger partial charge on any atom is -0.310 e. The van der Waals surface area contributed by atoms with Gasteiger partial charge in [0.1, 0.15) is 0 Å². The van der Waals surface area contributed by atoms with Crippen LogP contribution < -0.4 is 5.32 Å². The number of rotatable bonds is 5. The van der Waals surface area contributed by atoms with Gasteiger partial charge in [0, 0.05) is 4.88 Å². The summed E-state index contributed by atoms with van der Waals surface area (Å²) in [7, 11) is 0. The SMILES string of the molecule is CCCNCC(=O)c1ccc(C)s1. The molecule has 0 fully saturated rings. The molecule has 0 saturated heterocycles. The highest BCUT2D eigenvalue weighted by atomic mass is 32.1. The number of nitrogens with one attached hydrogen (secondary N) is 1. The van der Waals surface area contributed by atoms with Crippen LogP contribution in [0.25, 0.3) is 0 Å². The highest BCUT2D eigenvalue weighted by Gasteiger charge is 2.06. The summed E-state index contributed by atoms with van der Waals surface area (Å²) in [6.45, 7) is 5.48. The van der Waals surface area contributed by atoms with E-state index in [1.54, 1.807) is 11.3 Å². The minimum atomic E-state index is 0.201. The predicted octanol–water partition coefficient (Wildman–Crippen LogP) is 2.24. The van der Waals surface area contributed by atoms with E-state index in [9.17, 15) is 4.79 Å². The molecule has 0 radical (unpaired) electrons. The maximum atomic E-state index is 11.5. The Morgan fingerprint density at radius 1 is 1.54 bits per heavy atom. The highest BCUT2D eigenvalue weighted by molar-refractivity contribution is 7.14. The first-order chi connectivity index (χ1) is 6.24. The molecule has 13 heavy (non-hydrogen) atoms. The zero-order chi connectivity index (χ0) is 9.68. The van der Waals surface area contributed by atoms with Crippen molar-refractivity contribution in [3.05, 3.63) is 21.9 Å². The summed E-state index contributed by atoms with van der Waals surface area (Å²) in [4.78, 5) is 13.5. The van der Waals surface area contributed by atoms with Gasteiger partial charge in [0.05, 0.1) is 11.4 Å². The number of hydrogen-bond donors (Lipinski definition) is 1. The zero-order valence-corrected chi connectivity index (χ0v) is 8.91. The van der Waals surface area contributed by atoms with E-state index in [1.165, 1.54) is 4.88 Å². The molecule has 0 amide bonds. The second kappa shape index (κ2) is 5.14. The number of Topliss-reactive ketones (excluding diaryl/α,β-unsaturated/α-hetero) is 1. The molecule has 0 atom stereocenters. The molecule has 0 spiro atoms. The lowest BCUT2D eigenvalue weighted by Gasteiger charge is -1.99. The molecule has 0 bridgehead atoms. The number of hydrogen-bond acceptors (Lipinski definition) is 3. The summed E-state index contributed by atoms with van der Waals surface area (Å²) in [5, 5.41) is 3.10. The van der Waals surface area contributed by atoms with Crippen LogP contribution in [0.15, 0.2) is 12.1 Å². The Morgan fingerprint density at radius 2 is 2.31 bits per heavy atom. The Kier molecular flexibility index (Phi) is 4.12. The van der Waals surface area contributed by atoms with Gasteiger partial charge in [-0.1, -0.05) is 6.92 Å². The van der Waals surface area contributed by atoms with E-state index in [0.29, 0.717) is 6.54 Å². The number of carbonyl (C=O) groups excluding carboxylic acids is 1. The Labute approximate surface area is 83.0 Å². The van der Waals surface area contributed by atoms with E-state index in [0.717, 1.165) is 17.8 Å². The van der Waals surface area contributed by atoms with Crippen LogP contribution in [-0.2, 0) is 0 Å². The summed E-state index contributed by atoms with van der Waals surface area (Å²) in [5.41, 5.74) is 0. The average molecular weight is 197 g/mol. The Balaban J connectivity index is 2.40. The smallest absolute Gasteiger partial charge is 0.186 e. The van der Waals surface area contributed by atoms with Crippen LogP contribution in [0.1, 0.15) is 27.9 Å². The van der Waals surface area contributed by atoms with Crippen molar-refractivity contribution in [3.8, 4) is 0 Å². The van der Waals surface area contributed by atoms with Gasteiger partial charge in [-0.05, 0) is 32.0 Å². The third kappa shape index (κ3) is 3.28. The van der Waals surface area contributed by atoms with E-state index < -0.39 is 0 Å². The first kappa shape index (κ1) is 10.4. The van der Waals surface area contributed by atoms with Crippen molar-refractivity contribution in [3.63, 3.8) is 0 Å². The lowest BCUT2D eigenvalue weighted by Crippen LogP contribution is -2.22. The molecule has 1 N–H and O–H groups in total. The molecule has 0 aliphatic heterocycles. The second-order valence-corrected chi connectivity index (χ2v) is 4.30. The van der Waals surface area contributed by atoms with Crippen molar-refractivity contribution in [2.24, 2.45) is 0 Å². The Morgan fingerprint density at radius 3 is 2.85 bits per heavy atom. The highest BCUT2D eigenvalue weighted by Crippen LogP contribution is 2.14. The number of ketones is 1. The molecule has 72 valence electrons. The van der Waals surface area contributed by atoms with Gasteiger partial charge in [0.25, 0.3) is 0 Å². The van der Waals surface area contributed by atoms with Gasteiger partial charge in [-0.25, -0.2) is 0 Å². The van der Waals surface area contributed by atoms with Gasteiger partial charge < -0.3 is 5.32 Å². The van der Waals surface area contributed by atoms with Gasteiger partial charge in [-0.3, -0.25) is 4.79 Å². The van der Waals surface area contributed by atoms with Crippen LogP contribution in [-0.4, -0.2) is 18.9 Å². The fourth-order valence-electron chi connectivity index (χ4n) is 1.05. The van der Waals surface area contributed by atoms with Crippen LogP contribution in [0.5, 0.6) is 0 Å². The standard InChI is InChI=1S/C10H15NOS/c1-3-6-11-7-9(12)10-5-4-8(2)13-10/h4-5,11H,3,6-7H2,1-2H3. The molecule has 2 nitrogen and oxygen atoms in total. The van der Waals surface area contributed by atoms with Crippen molar-refractivity contribution in [1.29, 1.82) is 0 Å². The molecular weight excluding hydrogens is 182 g/mol. The van der Waals surface area contributed by atoms with E-state index in [4.69, 9.17) is 0 Å². The molecule has 0 aliphatic carbocycles. The van der Waals surface area contributed by atoms with Crippen molar-refractivity contribution >= 4 is 17.1 Å². The monoisotopic (exact) mass is 197 g/mol. The maximum absolute atomic E-state index is 11.5. The first-order valence-electron chi connectivity index (χ1n) is 4.54. The maximum Gasteiger partial charge on any atom is 0.186 e. The van der Waals surface area contributed by atoms with Crippen molar-refractivity contribution < 1.29 is 4.79 Å². The van der Waals surface area contributed by atoms with E-state index in [1.807, 2.05) is 19.1 Å². The van der Waals surface area contributed by atoms with Crippen LogP contribution in [0, 0.1) is 6.92 Å². The van der Waals surface area contributed by atoms with Crippen molar-refractivity contribution in [2.45, 2.75) is 20.3 Å². The summed E-state index contributed by atoms with van der Waals surface area (Å²) in [6.07, 6.45) is 1.07. The quantitative estimate of drug-likeness (QED) is 0.579. The topological polar surface area (TPSA) is 29.1 Å². The van der Waals surface area contributed by atoms with Crippen molar-refractivity contribution in [2.75, 3.05) is 13.1 Å². The van der Waals surface area contributed by atoms with E-state index >= 15 is 0 Å². The molecule has 3 heteroatoms. The van der Waals surface area contributed by atoms with Gasteiger partial charge in [-0.15, -0.1) is 11.3 Å². The fraction of sp³-hybridized carbons (Fsp3) is 0.500. The summed E-state index contributed by atoms with van der Waals surface area (Å²) < 4.78 is 0. The number of carbonyl (C=O) groups is 1. The predicted molar refractivity (Wildman–Crippen MR) is 56.5 cm³/mol. The number of aryl methyl sites for hydroxylation is 1. The van der Waals surface area contributed by atoms with Gasteiger partial charge in [0.2, 0.25) is 0 Å². The van der Waals surface area contributed by atoms with Gasteiger partial charge >= 0.3 is 0 Å². The summed E-state index contributed by atoms with van der Waals surface area (Å²) in [5.74, 6) is 0.201. The fourth-order valence-corrected chi connectivity index (χ4v) is 1.86. The number of thiophene rings is 1. The second-order valence-electron chi connectivity index (χ2n) is 3.01. The molecule has 1 aromatic rings. The third-order valence-electron chi connectivity index (χ3n) is 1.73. The molecule has 1 aromatic heterocycles. The molecule has 0 aliphatic rings. The Bertz CT molecular complexity index is 280. The lowest BCUT2D eigenvalue weighted by molar-refractivity contribution is 0.0995. The summed E-state index contributed by atoms with van der Waals surface area (Å²) in [6, 6.07) is 3.88. The first-order valence-corrected chi connectivity index (χ1v) is 5.36. The van der Waals surface area contributed by atoms with Crippen LogP contribution in [0.4, 0.5) is 0 Å². The van der Waals surface area contributed by atoms with Crippen LogP contribution in [0.2, 0.25) is 0 Å². The minimum absolute atomic E-state index is 0.201. The van der Waals surface area contributed by atoms with Gasteiger partial charge in [-0.2, -0.15) is 0 Å². The lowest BCUT2D eigenvalue weighted by atomic mass is 10.3. The Hall–Kier alpha value is -0.670. The zero-order valence-electron chi connectivity index (χ0n) is 8.09. The molecule has 0 aromatic carbocycles. The van der Waals surface area contributed by atoms with Crippen molar-refractivity contribution in [1.82, 2.24) is 5.32 Å². The molecule has 0 unspecified atom stereocenters. The molecule has 1 heterocycles. The van der Waals surface area contributed by atoms with Crippen LogP contribution in [0.3, 0.4) is 0 Å². The molecular formula is C10H15NOS. The molecule has 0 saturated carbocycles. The summed E-state index contributed by atoms with van der Waals surface area (Å²) >= 11 is 1.56. The third-order valence-corrected chi connectivity index (χ3v) is 2.77. The largest absolute Gasteiger partial charge is 0.310 e. The van der Waals surface area contributed by atoms with E-state index in [-0.39, 0.29) is 5.78 Å². The van der Waals surface area contributed by atoms with E-state index in [2.05, 4.69) is 12.2 Å². The molecule has 1 rings (SSSR count). The normalized spacial score (nSPS) is 10.3. The van der Waals surface area contributed by atoms with Gasteiger partial charge in [0.15, 0.2) is 5.78 Å².